The zero-order chi connectivity index (χ0) is 63.1. The Balaban J connectivity index is 1.40. The average Bonchev–Trinajstić information content (AvgIpc) is 1.17. The van der Waals surface area contributed by atoms with Gasteiger partial charge in [-0.1, -0.05) is 423 Å². The Bertz CT molecular complexity index is 1710. The molecule has 512 valence electrons. The van der Waals surface area contributed by atoms with Crippen LogP contribution in [0.15, 0.2) is 72.8 Å². The van der Waals surface area contributed by atoms with E-state index in [0.29, 0.717) is 19.8 Å². The molecule has 3 rings (SSSR count). The molecule has 3 aromatic rings. The van der Waals surface area contributed by atoms with Crippen molar-refractivity contribution in [2.75, 3.05) is 19.8 Å². The fourth-order valence-corrected chi connectivity index (χ4v) is 16.6. The lowest BCUT2D eigenvalue weighted by Gasteiger charge is -2.28. The standard InChI is InChI=1S/C84H148O4Si/c1-4-7-10-13-16-19-22-25-28-31-34-37-40-43-46-49-52-55-58-61-73-86-79-67-64-70-82(76-79)89(85,83-71-65-68-80(77-83)87-74-62-59-56-53-50-47-44-41-38-35-32-29-26-23-20-17-14-11-8-5-2)84-72-66-69-81(78-84)88-75-63-60-57-54-51-48-45-42-39-36-33-30-27-24-21-18-15-12-9-6-3/h64-72,76-78,85H,4-63,73-75H2,1-3H3. The summed E-state index contributed by atoms with van der Waals surface area (Å²) in [6.07, 6.45) is 83.0. The minimum atomic E-state index is -3.50. The van der Waals surface area contributed by atoms with Gasteiger partial charge in [0, 0.05) is 0 Å². The third-order valence-electron chi connectivity index (χ3n) is 19.6. The summed E-state index contributed by atoms with van der Waals surface area (Å²) in [5.41, 5.74) is 0. The number of benzene rings is 3. The highest BCUT2D eigenvalue weighted by molar-refractivity contribution is 7.06. The van der Waals surface area contributed by atoms with E-state index in [1.165, 1.54) is 366 Å². The highest BCUT2D eigenvalue weighted by Gasteiger charge is 2.39. The summed E-state index contributed by atoms with van der Waals surface area (Å²) >= 11 is 0. The highest BCUT2D eigenvalue weighted by atomic mass is 28.4. The van der Waals surface area contributed by atoms with Gasteiger partial charge in [-0.05, 0) is 71.2 Å². The minimum Gasteiger partial charge on any atom is -0.494 e. The first-order chi connectivity index (χ1) is 44.1. The molecule has 0 saturated heterocycles. The second-order valence-electron chi connectivity index (χ2n) is 28.0. The number of hydrogen-bond donors (Lipinski definition) is 1. The highest BCUT2D eigenvalue weighted by Crippen LogP contribution is 2.22. The molecule has 0 heterocycles. The van der Waals surface area contributed by atoms with Crippen LogP contribution in [0.4, 0.5) is 0 Å². The van der Waals surface area contributed by atoms with Gasteiger partial charge >= 0.3 is 0 Å². The molecule has 0 aliphatic carbocycles. The van der Waals surface area contributed by atoms with Gasteiger partial charge in [0.15, 0.2) is 0 Å². The predicted octanol–water partition coefficient (Wildman–Crippen LogP) is 26.2. The molecule has 1 N–H and O–H groups in total. The second-order valence-corrected chi connectivity index (χ2v) is 31.1. The molecule has 0 unspecified atom stereocenters. The minimum absolute atomic E-state index is 0.702. The summed E-state index contributed by atoms with van der Waals surface area (Å²) in [6.45, 7) is 9.03. The van der Waals surface area contributed by atoms with Crippen molar-refractivity contribution < 1.29 is 19.0 Å². The first-order valence-corrected chi connectivity index (χ1v) is 42.0. The van der Waals surface area contributed by atoms with Gasteiger partial charge in [-0.25, -0.2) is 0 Å². The first kappa shape index (κ1) is 80.5. The second kappa shape index (κ2) is 61.4. The predicted molar refractivity (Wildman–Crippen MR) is 397 cm³/mol. The molecule has 0 aliphatic heterocycles. The Morgan fingerprint density at radius 1 is 0.213 bits per heavy atom. The van der Waals surface area contributed by atoms with Crippen molar-refractivity contribution in [1.82, 2.24) is 0 Å². The molecule has 0 radical (unpaired) electrons. The molecular formula is C84H148O4Si. The maximum Gasteiger partial charge on any atom is 0.286 e. The van der Waals surface area contributed by atoms with Crippen molar-refractivity contribution >= 4 is 23.9 Å². The van der Waals surface area contributed by atoms with Crippen LogP contribution in [0, 0.1) is 0 Å². The SMILES string of the molecule is CCCCCCCCCCCCCCCCCCCCCCOc1cccc([Si](O)(c2cccc(OCCCCCCCCCCCCCCCCCCCCCC)c2)c2cccc(OCCCCCCCCCCCCCCCCCCCCCC)c2)c1. The summed E-state index contributed by atoms with van der Waals surface area (Å²) in [5, 5.41) is 2.78. The zero-order valence-electron chi connectivity index (χ0n) is 59.6. The smallest absolute Gasteiger partial charge is 0.286 e. The van der Waals surface area contributed by atoms with Crippen LogP contribution in [0.5, 0.6) is 17.2 Å². The summed E-state index contributed by atoms with van der Waals surface area (Å²) in [5.74, 6) is 2.51. The molecule has 5 heteroatoms. The fraction of sp³-hybridized carbons (Fsp3) is 0.786. The van der Waals surface area contributed by atoms with Crippen molar-refractivity contribution in [2.45, 2.75) is 406 Å². The van der Waals surface area contributed by atoms with Crippen LogP contribution in [0.25, 0.3) is 0 Å². The van der Waals surface area contributed by atoms with Gasteiger partial charge in [0.2, 0.25) is 0 Å². The van der Waals surface area contributed by atoms with Gasteiger partial charge in [-0.15, -0.1) is 0 Å². The quantitative estimate of drug-likeness (QED) is 0.0348. The Hall–Kier alpha value is -2.76. The van der Waals surface area contributed by atoms with Gasteiger partial charge in [0.05, 0.1) is 19.8 Å². The summed E-state index contributed by atoms with van der Waals surface area (Å²) in [7, 11) is -3.50. The third-order valence-corrected chi connectivity index (χ3v) is 23.0. The first-order valence-electron chi connectivity index (χ1n) is 40.0. The molecular weight excluding hydrogens is 1100 g/mol. The molecule has 0 amide bonds. The fourth-order valence-electron chi connectivity index (χ4n) is 13.6. The molecule has 0 spiro atoms. The van der Waals surface area contributed by atoms with E-state index in [9.17, 15) is 4.80 Å². The van der Waals surface area contributed by atoms with Gasteiger partial charge in [0.25, 0.3) is 8.32 Å². The maximum atomic E-state index is 13.4. The molecule has 0 aromatic heterocycles. The van der Waals surface area contributed by atoms with Crippen LogP contribution in [0.2, 0.25) is 0 Å². The van der Waals surface area contributed by atoms with Crippen LogP contribution in [-0.4, -0.2) is 32.9 Å². The number of ether oxygens (including phenoxy) is 3. The summed E-state index contributed by atoms with van der Waals surface area (Å²) < 4.78 is 19.4. The van der Waals surface area contributed by atoms with Gasteiger partial charge in [-0.2, -0.15) is 0 Å². The van der Waals surface area contributed by atoms with E-state index in [1.54, 1.807) is 0 Å². The van der Waals surface area contributed by atoms with E-state index in [2.05, 4.69) is 93.6 Å². The maximum absolute atomic E-state index is 13.4. The third kappa shape index (κ3) is 45.3. The summed E-state index contributed by atoms with van der Waals surface area (Å²) in [4.78, 5) is 13.4. The van der Waals surface area contributed by atoms with Crippen LogP contribution < -0.4 is 29.8 Å². The molecule has 0 aliphatic rings. The lowest BCUT2D eigenvalue weighted by Crippen LogP contribution is -2.67. The zero-order valence-corrected chi connectivity index (χ0v) is 60.6. The number of hydrogen-bond acceptors (Lipinski definition) is 4. The Morgan fingerprint density at radius 3 is 0.517 bits per heavy atom. The van der Waals surface area contributed by atoms with Crippen molar-refractivity contribution in [3.63, 3.8) is 0 Å². The van der Waals surface area contributed by atoms with E-state index >= 15 is 0 Å². The largest absolute Gasteiger partial charge is 0.494 e. The normalized spacial score (nSPS) is 11.7. The van der Waals surface area contributed by atoms with Crippen molar-refractivity contribution in [1.29, 1.82) is 0 Å². The molecule has 4 nitrogen and oxygen atoms in total. The van der Waals surface area contributed by atoms with Crippen molar-refractivity contribution in [3.8, 4) is 17.2 Å². The summed E-state index contributed by atoms with van der Waals surface area (Å²) in [6, 6.07) is 25.1. The van der Waals surface area contributed by atoms with E-state index in [4.69, 9.17) is 14.2 Å². The molecule has 89 heavy (non-hydrogen) atoms. The molecule has 0 bridgehead atoms. The van der Waals surface area contributed by atoms with Crippen molar-refractivity contribution in [3.05, 3.63) is 72.8 Å². The van der Waals surface area contributed by atoms with Crippen LogP contribution in [0.3, 0.4) is 0 Å². The Labute approximate surface area is 555 Å². The molecule has 0 atom stereocenters. The molecule has 0 fully saturated rings. The topological polar surface area (TPSA) is 47.9 Å². The monoisotopic (exact) mass is 1250 g/mol. The van der Waals surface area contributed by atoms with Crippen molar-refractivity contribution in [2.24, 2.45) is 0 Å². The van der Waals surface area contributed by atoms with E-state index < -0.39 is 8.32 Å². The van der Waals surface area contributed by atoms with Crippen LogP contribution in [0.1, 0.15) is 406 Å². The molecule has 0 saturated carbocycles. The van der Waals surface area contributed by atoms with E-state index in [1.807, 2.05) is 0 Å². The number of unbranched alkanes of at least 4 members (excludes halogenated alkanes) is 57. The average molecular weight is 1250 g/mol. The van der Waals surface area contributed by atoms with Gasteiger partial charge in [-0.3, -0.25) is 0 Å². The van der Waals surface area contributed by atoms with E-state index in [-0.39, 0.29) is 0 Å². The Morgan fingerprint density at radius 2 is 0.360 bits per heavy atom. The van der Waals surface area contributed by atoms with Gasteiger partial charge in [0.1, 0.15) is 17.2 Å². The van der Waals surface area contributed by atoms with Gasteiger partial charge < -0.3 is 19.0 Å². The lowest BCUT2D eigenvalue weighted by atomic mass is 10.0. The lowest BCUT2D eigenvalue weighted by molar-refractivity contribution is 0.304. The van der Waals surface area contributed by atoms with Crippen LogP contribution in [-0.2, 0) is 0 Å². The molecule has 3 aromatic carbocycles. The van der Waals surface area contributed by atoms with Crippen LogP contribution >= 0.6 is 0 Å². The van der Waals surface area contributed by atoms with E-state index in [0.717, 1.165) is 52.1 Å². The number of rotatable bonds is 69. The Kier molecular flexibility index (Phi) is 55.5.